The zero-order valence-electron chi connectivity index (χ0n) is 8.65. The average Bonchev–Trinajstić information content (AvgIpc) is 2.72. The van der Waals surface area contributed by atoms with Gasteiger partial charge in [-0.3, -0.25) is 0 Å². The summed E-state index contributed by atoms with van der Waals surface area (Å²) in [4.78, 5) is 0. The molecule has 0 saturated carbocycles. The molecule has 2 heterocycles. The van der Waals surface area contributed by atoms with E-state index in [1.165, 1.54) is 0 Å². The highest BCUT2D eigenvalue weighted by molar-refractivity contribution is 4.76. The van der Waals surface area contributed by atoms with Crippen molar-refractivity contribution in [2.24, 2.45) is 5.92 Å². The molecule has 82 valence electrons. The van der Waals surface area contributed by atoms with Gasteiger partial charge in [0.25, 0.3) is 0 Å². The van der Waals surface area contributed by atoms with Crippen LogP contribution < -0.4 is 0 Å². The predicted molar refractivity (Wildman–Crippen MR) is 53.1 cm³/mol. The average molecular weight is 200 g/mol. The highest BCUT2D eigenvalue weighted by Gasteiger charge is 2.26. The molecule has 0 aromatic heterocycles. The van der Waals surface area contributed by atoms with Crippen molar-refractivity contribution in [3.63, 3.8) is 0 Å². The van der Waals surface area contributed by atoms with Gasteiger partial charge in [0, 0.05) is 19.8 Å². The Morgan fingerprint density at radius 1 is 1.14 bits per heavy atom. The summed E-state index contributed by atoms with van der Waals surface area (Å²) in [7, 11) is 0. The molecule has 1 N–H and O–H groups in total. The minimum atomic E-state index is -0.179. The highest BCUT2D eigenvalue weighted by Crippen LogP contribution is 2.25. The Hall–Kier alpha value is -0.120. The minimum Gasteiger partial charge on any atom is -0.393 e. The van der Waals surface area contributed by atoms with Gasteiger partial charge in [0.1, 0.15) is 0 Å². The molecule has 0 radical (unpaired) electrons. The molecule has 0 aromatic rings. The van der Waals surface area contributed by atoms with Crippen LogP contribution in [0.3, 0.4) is 0 Å². The molecule has 3 heteroatoms. The maximum Gasteiger partial charge on any atom is 0.0600 e. The summed E-state index contributed by atoms with van der Waals surface area (Å²) >= 11 is 0. The first-order chi connectivity index (χ1) is 6.86. The molecule has 0 amide bonds. The Kier molecular flexibility index (Phi) is 3.79. The van der Waals surface area contributed by atoms with Crippen molar-refractivity contribution in [1.82, 2.24) is 0 Å². The molecule has 3 nitrogen and oxygen atoms in total. The molecular formula is C11H20O3. The van der Waals surface area contributed by atoms with Crippen LogP contribution in [0.15, 0.2) is 0 Å². The fourth-order valence-electron chi connectivity index (χ4n) is 2.39. The molecule has 2 aliphatic rings. The van der Waals surface area contributed by atoms with Crippen molar-refractivity contribution in [3.05, 3.63) is 0 Å². The Morgan fingerprint density at radius 3 is 2.57 bits per heavy atom. The van der Waals surface area contributed by atoms with Gasteiger partial charge in [-0.15, -0.1) is 0 Å². The van der Waals surface area contributed by atoms with Gasteiger partial charge in [-0.05, 0) is 38.0 Å². The van der Waals surface area contributed by atoms with Crippen LogP contribution in [0.4, 0.5) is 0 Å². The number of ether oxygens (including phenoxy) is 2. The number of aliphatic hydroxyl groups excluding tert-OH is 1. The van der Waals surface area contributed by atoms with E-state index < -0.39 is 0 Å². The molecular weight excluding hydrogens is 180 g/mol. The van der Waals surface area contributed by atoms with Crippen LogP contribution in [0.2, 0.25) is 0 Å². The lowest BCUT2D eigenvalue weighted by Crippen LogP contribution is -2.30. The van der Waals surface area contributed by atoms with Gasteiger partial charge < -0.3 is 14.6 Å². The maximum absolute atomic E-state index is 10.00. The van der Waals surface area contributed by atoms with Crippen molar-refractivity contribution >= 4 is 0 Å². The Morgan fingerprint density at radius 2 is 1.93 bits per heavy atom. The van der Waals surface area contributed by atoms with Gasteiger partial charge >= 0.3 is 0 Å². The summed E-state index contributed by atoms with van der Waals surface area (Å²) in [5, 5.41) is 10.00. The van der Waals surface area contributed by atoms with Crippen LogP contribution in [0.1, 0.15) is 32.1 Å². The Balaban J connectivity index is 1.72. The molecule has 2 aliphatic heterocycles. The fraction of sp³-hybridized carbons (Fsp3) is 1.00. The van der Waals surface area contributed by atoms with Crippen LogP contribution in [-0.4, -0.2) is 37.1 Å². The third kappa shape index (κ3) is 2.69. The number of hydrogen-bond acceptors (Lipinski definition) is 3. The van der Waals surface area contributed by atoms with Crippen LogP contribution in [0.5, 0.6) is 0 Å². The standard InChI is InChI=1S/C11H20O3/c12-11(8-10-2-1-5-14-10)9-3-6-13-7-4-9/h9-12H,1-8H2. The first-order valence-corrected chi connectivity index (χ1v) is 5.73. The second-order valence-electron chi connectivity index (χ2n) is 4.39. The van der Waals surface area contributed by atoms with Gasteiger partial charge in [0.05, 0.1) is 12.2 Å². The molecule has 2 saturated heterocycles. The van der Waals surface area contributed by atoms with Crippen molar-refractivity contribution < 1.29 is 14.6 Å². The van der Waals surface area contributed by atoms with Crippen molar-refractivity contribution in [1.29, 1.82) is 0 Å². The lowest BCUT2D eigenvalue weighted by Gasteiger charge is -2.28. The van der Waals surface area contributed by atoms with Crippen LogP contribution in [0.25, 0.3) is 0 Å². The summed E-state index contributed by atoms with van der Waals surface area (Å²) < 4.78 is 10.8. The quantitative estimate of drug-likeness (QED) is 0.747. The van der Waals surface area contributed by atoms with E-state index in [9.17, 15) is 5.11 Å². The molecule has 2 unspecified atom stereocenters. The van der Waals surface area contributed by atoms with E-state index in [1.807, 2.05) is 0 Å². The van der Waals surface area contributed by atoms with Crippen LogP contribution in [0, 0.1) is 5.92 Å². The monoisotopic (exact) mass is 200 g/mol. The highest BCUT2D eigenvalue weighted by atomic mass is 16.5. The van der Waals surface area contributed by atoms with E-state index in [2.05, 4.69) is 0 Å². The summed E-state index contributed by atoms with van der Waals surface area (Å²) in [5.74, 6) is 0.438. The summed E-state index contributed by atoms with van der Waals surface area (Å²) in [5.41, 5.74) is 0. The second kappa shape index (κ2) is 5.10. The molecule has 2 fully saturated rings. The maximum atomic E-state index is 10.00. The normalized spacial score (nSPS) is 31.9. The van der Waals surface area contributed by atoms with E-state index in [-0.39, 0.29) is 6.10 Å². The van der Waals surface area contributed by atoms with Crippen LogP contribution >= 0.6 is 0 Å². The lowest BCUT2D eigenvalue weighted by atomic mass is 9.90. The molecule has 14 heavy (non-hydrogen) atoms. The van der Waals surface area contributed by atoms with Crippen LogP contribution in [-0.2, 0) is 9.47 Å². The molecule has 2 atom stereocenters. The van der Waals surface area contributed by atoms with Gasteiger partial charge in [-0.2, -0.15) is 0 Å². The molecule has 2 rings (SSSR count). The fourth-order valence-corrected chi connectivity index (χ4v) is 2.39. The summed E-state index contributed by atoms with van der Waals surface area (Å²) in [6.45, 7) is 2.51. The third-order valence-electron chi connectivity index (χ3n) is 3.34. The molecule has 0 aliphatic carbocycles. The van der Waals surface area contributed by atoms with Gasteiger partial charge in [0.2, 0.25) is 0 Å². The third-order valence-corrected chi connectivity index (χ3v) is 3.34. The minimum absolute atomic E-state index is 0.179. The number of aliphatic hydroxyl groups is 1. The van der Waals surface area contributed by atoms with Crippen molar-refractivity contribution in [2.45, 2.75) is 44.3 Å². The lowest BCUT2D eigenvalue weighted by molar-refractivity contribution is -0.0180. The van der Waals surface area contributed by atoms with E-state index in [1.54, 1.807) is 0 Å². The van der Waals surface area contributed by atoms with E-state index in [0.29, 0.717) is 12.0 Å². The zero-order chi connectivity index (χ0) is 9.80. The summed E-state index contributed by atoms with van der Waals surface area (Å²) in [6.07, 6.45) is 5.26. The first-order valence-electron chi connectivity index (χ1n) is 5.73. The van der Waals surface area contributed by atoms with Gasteiger partial charge in [0.15, 0.2) is 0 Å². The topological polar surface area (TPSA) is 38.7 Å². The molecule has 0 aromatic carbocycles. The van der Waals surface area contributed by atoms with E-state index >= 15 is 0 Å². The second-order valence-corrected chi connectivity index (χ2v) is 4.39. The number of rotatable bonds is 3. The van der Waals surface area contributed by atoms with Gasteiger partial charge in [-0.1, -0.05) is 0 Å². The Bertz CT molecular complexity index is 160. The number of hydrogen-bond donors (Lipinski definition) is 1. The van der Waals surface area contributed by atoms with Crippen molar-refractivity contribution in [2.75, 3.05) is 19.8 Å². The SMILES string of the molecule is OC(CC1CCCO1)C1CCOCC1. The van der Waals surface area contributed by atoms with E-state index in [0.717, 1.165) is 51.9 Å². The van der Waals surface area contributed by atoms with Crippen molar-refractivity contribution in [3.8, 4) is 0 Å². The smallest absolute Gasteiger partial charge is 0.0600 e. The van der Waals surface area contributed by atoms with E-state index in [4.69, 9.17) is 9.47 Å². The zero-order valence-corrected chi connectivity index (χ0v) is 8.65. The molecule has 0 spiro atoms. The predicted octanol–water partition coefficient (Wildman–Crippen LogP) is 1.34. The summed E-state index contributed by atoms with van der Waals surface area (Å²) in [6, 6.07) is 0. The van der Waals surface area contributed by atoms with Gasteiger partial charge in [-0.25, -0.2) is 0 Å². The molecule has 0 bridgehead atoms. The largest absolute Gasteiger partial charge is 0.393 e. The first kappa shape index (κ1) is 10.4. The Labute approximate surface area is 85.4 Å².